The lowest BCUT2D eigenvalue weighted by Gasteiger charge is -2.32. The number of ether oxygens (including phenoxy) is 1. The second kappa shape index (κ2) is 5.88. The lowest BCUT2D eigenvalue weighted by Crippen LogP contribution is -2.52. The Kier molecular flexibility index (Phi) is 5.07. The minimum atomic E-state index is -5.09. The van der Waals surface area contributed by atoms with E-state index in [4.69, 9.17) is 4.55 Å². The van der Waals surface area contributed by atoms with Crippen LogP contribution in [-0.2, 0) is 19.6 Å². The van der Waals surface area contributed by atoms with Gasteiger partial charge in [-0.15, -0.1) is 0 Å². The minimum Gasteiger partial charge on any atom is -0.448 e. The summed E-state index contributed by atoms with van der Waals surface area (Å²) >= 11 is 0. The summed E-state index contributed by atoms with van der Waals surface area (Å²) in [6, 6.07) is 0. The van der Waals surface area contributed by atoms with E-state index in [1.54, 1.807) is 0 Å². The van der Waals surface area contributed by atoms with Gasteiger partial charge in [0.15, 0.2) is 0 Å². The fourth-order valence-electron chi connectivity index (χ4n) is 2.16. The Labute approximate surface area is 115 Å². The molecule has 20 heavy (non-hydrogen) atoms. The summed E-state index contributed by atoms with van der Waals surface area (Å²) in [5.41, 5.74) is -3.24. The Balaban J connectivity index is 2.87. The van der Waals surface area contributed by atoms with Crippen molar-refractivity contribution in [2.45, 2.75) is 50.8 Å². The molecule has 1 fully saturated rings. The van der Waals surface area contributed by atoms with Crippen LogP contribution in [0.2, 0.25) is 0 Å². The SMILES string of the molecule is CC(CS(=O)(=O)O)(OC(=O)C1CCCCC1)C(F)(F)F. The van der Waals surface area contributed by atoms with E-state index in [2.05, 4.69) is 4.74 Å². The average molecular weight is 318 g/mol. The standard InChI is InChI=1S/C11H17F3O5S/c1-10(11(12,13)14,7-20(16,17)18)19-9(15)8-5-3-2-4-6-8/h8H,2-7H2,1H3,(H,16,17,18). The molecule has 0 aromatic heterocycles. The number of rotatable bonds is 4. The fourth-order valence-corrected chi connectivity index (χ4v) is 3.08. The Morgan fingerprint density at radius 1 is 1.25 bits per heavy atom. The monoisotopic (exact) mass is 318 g/mol. The van der Waals surface area contributed by atoms with Gasteiger partial charge in [-0.3, -0.25) is 9.35 Å². The van der Waals surface area contributed by atoms with Crippen molar-refractivity contribution >= 4 is 16.1 Å². The second-order valence-electron chi connectivity index (χ2n) is 5.21. The van der Waals surface area contributed by atoms with Crippen LogP contribution in [0.1, 0.15) is 39.0 Å². The molecule has 1 aliphatic carbocycles. The second-order valence-corrected chi connectivity index (χ2v) is 6.66. The molecular weight excluding hydrogens is 301 g/mol. The van der Waals surface area contributed by atoms with Crippen LogP contribution in [0.3, 0.4) is 0 Å². The molecule has 9 heteroatoms. The van der Waals surface area contributed by atoms with Gasteiger partial charge >= 0.3 is 12.1 Å². The topological polar surface area (TPSA) is 80.7 Å². The average Bonchev–Trinajstić information content (AvgIpc) is 2.26. The van der Waals surface area contributed by atoms with Gasteiger partial charge in [-0.25, -0.2) is 0 Å². The van der Waals surface area contributed by atoms with Crippen molar-refractivity contribution in [3.8, 4) is 0 Å². The molecule has 1 N–H and O–H groups in total. The van der Waals surface area contributed by atoms with E-state index in [1.807, 2.05) is 0 Å². The third kappa shape index (κ3) is 4.62. The number of carbonyl (C=O) groups is 1. The van der Waals surface area contributed by atoms with Crippen LogP contribution in [0, 0.1) is 5.92 Å². The number of carbonyl (C=O) groups excluding carboxylic acids is 1. The first-order valence-electron chi connectivity index (χ1n) is 6.19. The Morgan fingerprint density at radius 2 is 1.75 bits per heavy atom. The molecule has 0 aromatic carbocycles. The molecule has 0 bridgehead atoms. The summed E-state index contributed by atoms with van der Waals surface area (Å²) in [4.78, 5) is 11.7. The Hall–Kier alpha value is -0.830. The fraction of sp³-hybridized carbons (Fsp3) is 0.909. The molecule has 1 rings (SSSR count). The highest BCUT2D eigenvalue weighted by Gasteiger charge is 2.57. The molecular formula is C11H17F3O5S. The maximum absolute atomic E-state index is 12.9. The molecule has 0 aromatic rings. The van der Waals surface area contributed by atoms with E-state index < -0.39 is 39.5 Å². The summed E-state index contributed by atoms with van der Waals surface area (Å²) in [6.07, 6.45) is -1.88. The minimum absolute atomic E-state index is 0.429. The first-order chi connectivity index (χ1) is 8.95. The molecule has 118 valence electrons. The van der Waals surface area contributed by atoms with E-state index in [0.717, 1.165) is 19.3 Å². The van der Waals surface area contributed by atoms with Crippen LogP contribution in [0.5, 0.6) is 0 Å². The zero-order valence-electron chi connectivity index (χ0n) is 10.9. The number of esters is 1. The van der Waals surface area contributed by atoms with Crippen molar-refractivity contribution in [3.63, 3.8) is 0 Å². The molecule has 0 spiro atoms. The van der Waals surface area contributed by atoms with Crippen molar-refractivity contribution in [3.05, 3.63) is 0 Å². The van der Waals surface area contributed by atoms with Crippen LogP contribution in [0.25, 0.3) is 0 Å². The number of hydrogen-bond acceptors (Lipinski definition) is 4. The van der Waals surface area contributed by atoms with Gasteiger partial charge in [-0.05, 0) is 19.8 Å². The Bertz CT molecular complexity index is 453. The summed E-state index contributed by atoms with van der Waals surface area (Å²) in [7, 11) is -4.94. The van der Waals surface area contributed by atoms with Crippen LogP contribution in [0.4, 0.5) is 13.2 Å². The predicted octanol–water partition coefficient (Wildman–Crippen LogP) is 2.32. The molecule has 1 atom stereocenters. The third-order valence-corrected chi connectivity index (χ3v) is 4.24. The van der Waals surface area contributed by atoms with Gasteiger partial charge in [0, 0.05) is 0 Å². The van der Waals surface area contributed by atoms with Crippen molar-refractivity contribution in [1.82, 2.24) is 0 Å². The van der Waals surface area contributed by atoms with E-state index in [9.17, 15) is 26.4 Å². The lowest BCUT2D eigenvalue weighted by atomic mass is 9.89. The summed E-state index contributed by atoms with van der Waals surface area (Å²) in [5.74, 6) is -3.41. The molecule has 0 heterocycles. The summed E-state index contributed by atoms with van der Waals surface area (Å²) in [6.45, 7) is 0.446. The van der Waals surface area contributed by atoms with Gasteiger partial charge in [0.05, 0.1) is 5.92 Å². The van der Waals surface area contributed by atoms with Gasteiger partial charge in [-0.2, -0.15) is 21.6 Å². The van der Waals surface area contributed by atoms with Gasteiger partial charge in [0.1, 0.15) is 5.75 Å². The quantitative estimate of drug-likeness (QED) is 0.635. The van der Waals surface area contributed by atoms with Crippen molar-refractivity contribution in [2.75, 3.05) is 5.75 Å². The van der Waals surface area contributed by atoms with Crippen molar-refractivity contribution in [1.29, 1.82) is 0 Å². The van der Waals surface area contributed by atoms with Crippen LogP contribution < -0.4 is 0 Å². The largest absolute Gasteiger partial charge is 0.448 e. The molecule has 0 radical (unpaired) electrons. The van der Waals surface area contributed by atoms with E-state index in [1.165, 1.54) is 0 Å². The van der Waals surface area contributed by atoms with Gasteiger partial charge in [0.25, 0.3) is 10.1 Å². The predicted molar refractivity (Wildman–Crippen MR) is 63.5 cm³/mol. The van der Waals surface area contributed by atoms with Crippen LogP contribution >= 0.6 is 0 Å². The van der Waals surface area contributed by atoms with Gasteiger partial charge in [-0.1, -0.05) is 19.3 Å². The van der Waals surface area contributed by atoms with E-state index >= 15 is 0 Å². The highest BCUT2D eigenvalue weighted by molar-refractivity contribution is 7.85. The zero-order chi connectivity index (χ0) is 15.6. The van der Waals surface area contributed by atoms with Crippen molar-refractivity contribution in [2.24, 2.45) is 5.92 Å². The smallest absolute Gasteiger partial charge is 0.429 e. The molecule has 1 aliphatic rings. The maximum atomic E-state index is 12.9. The normalized spacial score (nSPS) is 21.2. The Morgan fingerprint density at radius 3 is 2.15 bits per heavy atom. The van der Waals surface area contributed by atoms with Crippen LogP contribution in [0.15, 0.2) is 0 Å². The molecule has 0 amide bonds. The summed E-state index contributed by atoms with van der Waals surface area (Å²) < 4.78 is 73.2. The van der Waals surface area contributed by atoms with E-state index in [0.29, 0.717) is 19.8 Å². The first kappa shape index (κ1) is 17.2. The lowest BCUT2D eigenvalue weighted by molar-refractivity contribution is -0.258. The highest BCUT2D eigenvalue weighted by atomic mass is 32.2. The molecule has 5 nitrogen and oxygen atoms in total. The number of alkyl halides is 3. The molecule has 0 aliphatic heterocycles. The molecule has 1 saturated carbocycles. The number of halogens is 3. The van der Waals surface area contributed by atoms with E-state index in [-0.39, 0.29) is 0 Å². The van der Waals surface area contributed by atoms with Gasteiger partial charge < -0.3 is 4.74 Å². The number of hydrogen-bond donors (Lipinski definition) is 1. The zero-order valence-corrected chi connectivity index (χ0v) is 11.8. The maximum Gasteiger partial charge on any atom is 0.429 e. The first-order valence-corrected chi connectivity index (χ1v) is 7.80. The summed E-state index contributed by atoms with van der Waals surface area (Å²) in [5, 5.41) is 0. The highest BCUT2D eigenvalue weighted by Crippen LogP contribution is 2.36. The molecule has 1 unspecified atom stereocenters. The van der Waals surface area contributed by atoms with Crippen LogP contribution in [-0.4, -0.2) is 36.5 Å². The van der Waals surface area contributed by atoms with Gasteiger partial charge in [0.2, 0.25) is 5.60 Å². The van der Waals surface area contributed by atoms with Crippen molar-refractivity contribution < 1.29 is 35.7 Å². The molecule has 0 saturated heterocycles. The third-order valence-electron chi connectivity index (χ3n) is 3.32.